The summed E-state index contributed by atoms with van der Waals surface area (Å²) in [6.45, 7) is 5.10. The number of benzene rings is 1. The molecule has 0 spiro atoms. The molecule has 0 aliphatic rings. The van der Waals surface area contributed by atoms with E-state index >= 15 is 0 Å². The fraction of sp³-hybridized carbons (Fsp3) is 0.438. The smallest absolute Gasteiger partial charge is 0.123 e. The normalized spacial score (nSPS) is 12.6. The van der Waals surface area contributed by atoms with Gasteiger partial charge in [0.15, 0.2) is 0 Å². The third kappa shape index (κ3) is 3.25. The molecule has 1 unspecified atom stereocenters. The molecule has 1 aromatic carbocycles. The topological polar surface area (TPSA) is 29.9 Å². The number of hydrogen-bond donors (Lipinski definition) is 1. The van der Waals surface area contributed by atoms with Crippen LogP contribution >= 0.6 is 0 Å². The maximum Gasteiger partial charge on any atom is 0.123 e. The van der Waals surface area contributed by atoms with Crippen LogP contribution in [-0.4, -0.2) is 16.3 Å². The van der Waals surface area contributed by atoms with E-state index < -0.39 is 0 Å². The summed E-state index contributed by atoms with van der Waals surface area (Å²) in [5.41, 5.74) is 3.14. The molecule has 0 aliphatic heterocycles. The monoisotopic (exact) mass is 275 g/mol. The fourth-order valence-electron chi connectivity index (χ4n) is 2.45. The quantitative estimate of drug-likeness (QED) is 0.877. The molecule has 0 bridgehead atoms. The van der Waals surface area contributed by atoms with Gasteiger partial charge in [0.05, 0.1) is 11.7 Å². The zero-order valence-electron chi connectivity index (χ0n) is 12.4. The molecule has 1 N–H and O–H groups in total. The first-order valence-corrected chi connectivity index (χ1v) is 7.17. The Kier molecular flexibility index (Phi) is 4.90. The Labute approximate surface area is 119 Å². The van der Waals surface area contributed by atoms with Gasteiger partial charge in [-0.15, -0.1) is 0 Å². The molecule has 0 fully saturated rings. The van der Waals surface area contributed by atoms with E-state index in [1.54, 1.807) is 12.1 Å². The summed E-state index contributed by atoms with van der Waals surface area (Å²) in [7, 11) is 1.92. The highest BCUT2D eigenvalue weighted by Gasteiger charge is 2.19. The van der Waals surface area contributed by atoms with E-state index in [1.165, 1.54) is 6.07 Å². The number of aromatic nitrogens is 2. The molecule has 1 aromatic heterocycles. The molecule has 1 atom stereocenters. The predicted octanol–water partition coefficient (Wildman–Crippen LogP) is 3.21. The van der Waals surface area contributed by atoms with Crippen molar-refractivity contribution in [2.45, 2.75) is 32.7 Å². The molecule has 0 saturated heterocycles. The van der Waals surface area contributed by atoms with Crippen molar-refractivity contribution in [1.82, 2.24) is 15.1 Å². The van der Waals surface area contributed by atoms with Crippen LogP contribution in [0.15, 0.2) is 30.5 Å². The van der Waals surface area contributed by atoms with Gasteiger partial charge in [-0.1, -0.05) is 26.0 Å². The first kappa shape index (κ1) is 14.7. The lowest BCUT2D eigenvalue weighted by Crippen LogP contribution is -2.24. The highest BCUT2D eigenvalue weighted by Crippen LogP contribution is 2.25. The second-order valence-electron chi connectivity index (χ2n) is 5.00. The number of aryl methyl sites for hydroxylation is 2. The van der Waals surface area contributed by atoms with Crippen molar-refractivity contribution in [3.63, 3.8) is 0 Å². The second kappa shape index (κ2) is 6.66. The standard InChI is InChI=1S/C16H22FN3/c1-4-9-18-16(12-7-6-8-13(17)10-12)14-11-20(3)19-15(14)5-2/h6-8,10-11,16,18H,4-5,9H2,1-3H3. The molecule has 108 valence electrons. The average Bonchev–Trinajstić information content (AvgIpc) is 2.80. The Morgan fingerprint density at radius 2 is 2.15 bits per heavy atom. The van der Waals surface area contributed by atoms with Gasteiger partial charge in [0, 0.05) is 18.8 Å². The molecule has 1 heterocycles. The summed E-state index contributed by atoms with van der Waals surface area (Å²) in [4.78, 5) is 0. The molecule has 0 saturated carbocycles. The van der Waals surface area contributed by atoms with Crippen LogP contribution in [0.5, 0.6) is 0 Å². The summed E-state index contributed by atoms with van der Waals surface area (Å²) >= 11 is 0. The van der Waals surface area contributed by atoms with Crippen molar-refractivity contribution >= 4 is 0 Å². The lowest BCUT2D eigenvalue weighted by molar-refractivity contribution is 0.582. The van der Waals surface area contributed by atoms with Crippen molar-refractivity contribution in [3.05, 3.63) is 53.1 Å². The van der Waals surface area contributed by atoms with Crippen molar-refractivity contribution < 1.29 is 4.39 Å². The minimum absolute atomic E-state index is 0.00528. The number of nitrogens with zero attached hydrogens (tertiary/aromatic N) is 2. The van der Waals surface area contributed by atoms with Gasteiger partial charge in [-0.3, -0.25) is 4.68 Å². The first-order valence-electron chi connectivity index (χ1n) is 7.17. The van der Waals surface area contributed by atoms with Gasteiger partial charge in [-0.05, 0) is 37.1 Å². The molecule has 3 nitrogen and oxygen atoms in total. The van der Waals surface area contributed by atoms with Crippen molar-refractivity contribution in [2.75, 3.05) is 6.54 Å². The zero-order chi connectivity index (χ0) is 14.5. The Hall–Kier alpha value is -1.68. The minimum atomic E-state index is -0.201. The first-order chi connectivity index (χ1) is 9.65. The van der Waals surface area contributed by atoms with E-state index in [9.17, 15) is 4.39 Å². The number of hydrogen-bond acceptors (Lipinski definition) is 2. The molecule has 0 radical (unpaired) electrons. The Balaban J connectivity index is 2.41. The van der Waals surface area contributed by atoms with Crippen LogP contribution in [0.1, 0.15) is 43.1 Å². The largest absolute Gasteiger partial charge is 0.306 e. The molecule has 2 aromatic rings. The number of nitrogens with one attached hydrogen (secondary N) is 1. The molecule has 4 heteroatoms. The van der Waals surface area contributed by atoms with Gasteiger partial charge < -0.3 is 5.32 Å². The Bertz CT molecular complexity index is 563. The fourth-order valence-corrected chi connectivity index (χ4v) is 2.45. The summed E-state index contributed by atoms with van der Waals surface area (Å²) in [5.74, 6) is -0.201. The third-order valence-electron chi connectivity index (χ3n) is 3.36. The van der Waals surface area contributed by atoms with Gasteiger partial charge in [0.25, 0.3) is 0 Å². The molecule has 0 aliphatic carbocycles. The number of rotatable bonds is 6. The summed E-state index contributed by atoms with van der Waals surface area (Å²) in [5, 5.41) is 7.99. The van der Waals surface area contributed by atoms with Gasteiger partial charge in [-0.25, -0.2) is 4.39 Å². The minimum Gasteiger partial charge on any atom is -0.306 e. The molecular weight excluding hydrogens is 253 g/mol. The van der Waals surface area contributed by atoms with Crippen LogP contribution in [0.3, 0.4) is 0 Å². The average molecular weight is 275 g/mol. The molecule has 0 amide bonds. The van der Waals surface area contributed by atoms with Gasteiger partial charge in [-0.2, -0.15) is 5.10 Å². The van der Waals surface area contributed by atoms with Crippen LogP contribution in [0.25, 0.3) is 0 Å². The highest BCUT2D eigenvalue weighted by molar-refractivity contribution is 5.33. The van der Waals surface area contributed by atoms with E-state index in [1.807, 2.05) is 24.0 Å². The summed E-state index contributed by atoms with van der Waals surface area (Å²) in [6.07, 6.45) is 3.93. The summed E-state index contributed by atoms with van der Waals surface area (Å²) < 4.78 is 15.3. The van der Waals surface area contributed by atoms with Crippen LogP contribution < -0.4 is 5.32 Å². The van der Waals surface area contributed by atoms with Gasteiger partial charge in [0.2, 0.25) is 0 Å². The zero-order valence-corrected chi connectivity index (χ0v) is 12.4. The molecular formula is C16H22FN3. The van der Waals surface area contributed by atoms with Crippen LogP contribution in [-0.2, 0) is 13.5 Å². The molecule has 2 rings (SSSR count). The van der Waals surface area contributed by atoms with E-state index in [4.69, 9.17) is 0 Å². The van der Waals surface area contributed by atoms with E-state index in [2.05, 4.69) is 24.3 Å². The van der Waals surface area contributed by atoms with Crippen molar-refractivity contribution in [3.8, 4) is 0 Å². The lowest BCUT2D eigenvalue weighted by Gasteiger charge is -2.19. The maximum atomic E-state index is 13.5. The van der Waals surface area contributed by atoms with E-state index in [-0.39, 0.29) is 11.9 Å². The Morgan fingerprint density at radius 3 is 2.80 bits per heavy atom. The third-order valence-corrected chi connectivity index (χ3v) is 3.36. The number of halogens is 1. The predicted molar refractivity (Wildman–Crippen MR) is 79.1 cm³/mol. The Morgan fingerprint density at radius 1 is 1.35 bits per heavy atom. The van der Waals surface area contributed by atoms with E-state index in [0.717, 1.165) is 36.2 Å². The van der Waals surface area contributed by atoms with Gasteiger partial charge in [0.1, 0.15) is 5.82 Å². The van der Waals surface area contributed by atoms with Crippen molar-refractivity contribution in [1.29, 1.82) is 0 Å². The second-order valence-corrected chi connectivity index (χ2v) is 5.00. The van der Waals surface area contributed by atoms with Crippen molar-refractivity contribution in [2.24, 2.45) is 7.05 Å². The maximum absolute atomic E-state index is 13.5. The molecule has 20 heavy (non-hydrogen) atoms. The highest BCUT2D eigenvalue weighted by atomic mass is 19.1. The van der Waals surface area contributed by atoms with Crippen LogP contribution in [0.2, 0.25) is 0 Å². The van der Waals surface area contributed by atoms with E-state index in [0.29, 0.717) is 0 Å². The van der Waals surface area contributed by atoms with Gasteiger partial charge >= 0.3 is 0 Å². The lowest BCUT2D eigenvalue weighted by atomic mass is 9.98. The van der Waals surface area contributed by atoms with Crippen LogP contribution in [0.4, 0.5) is 4.39 Å². The van der Waals surface area contributed by atoms with Crippen LogP contribution in [0, 0.1) is 5.82 Å². The summed E-state index contributed by atoms with van der Waals surface area (Å²) in [6, 6.07) is 6.79. The SMILES string of the molecule is CCCNC(c1cccc(F)c1)c1cn(C)nc1CC.